The highest BCUT2D eigenvalue weighted by molar-refractivity contribution is 7.86. The van der Waals surface area contributed by atoms with Gasteiger partial charge in [0.25, 0.3) is 10.2 Å². The van der Waals surface area contributed by atoms with E-state index in [0.717, 1.165) is 4.31 Å². The molecule has 0 spiro atoms. The average Bonchev–Trinajstić information content (AvgIpc) is 2.30. The van der Waals surface area contributed by atoms with Gasteiger partial charge in [-0.15, -0.1) is 0 Å². The Hall–Kier alpha value is -0.700. The lowest BCUT2D eigenvalue weighted by Crippen LogP contribution is -2.52. The maximum absolute atomic E-state index is 12.1. The summed E-state index contributed by atoms with van der Waals surface area (Å²) in [7, 11) is -2.09. The third-order valence-corrected chi connectivity index (χ3v) is 4.47. The molecule has 1 amide bonds. The van der Waals surface area contributed by atoms with Crippen LogP contribution >= 0.6 is 0 Å². The predicted molar refractivity (Wildman–Crippen MR) is 64.7 cm³/mol. The van der Waals surface area contributed by atoms with Crippen molar-refractivity contribution in [2.24, 2.45) is 0 Å². The molecule has 0 unspecified atom stereocenters. The zero-order chi connectivity index (χ0) is 12.9. The number of hydrogen-bond donors (Lipinski definition) is 2. The number of amides is 1. The molecule has 0 aromatic carbocycles. The van der Waals surface area contributed by atoms with Gasteiger partial charge in [0.1, 0.15) is 0 Å². The second-order valence-corrected chi connectivity index (χ2v) is 5.90. The van der Waals surface area contributed by atoms with Crippen molar-refractivity contribution in [1.82, 2.24) is 19.2 Å². The highest BCUT2D eigenvalue weighted by atomic mass is 32.2. The van der Waals surface area contributed by atoms with Gasteiger partial charge in [-0.3, -0.25) is 4.79 Å². The number of carbonyl (C=O) groups is 1. The van der Waals surface area contributed by atoms with Gasteiger partial charge < -0.3 is 10.6 Å². The van der Waals surface area contributed by atoms with Crippen molar-refractivity contribution in [3.8, 4) is 0 Å². The zero-order valence-corrected chi connectivity index (χ0v) is 11.1. The number of nitrogens with one attached hydrogen (secondary N) is 2. The summed E-state index contributed by atoms with van der Waals surface area (Å²) in [5.41, 5.74) is 0. The fourth-order valence-corrected chi connectivity index (χ4v) is 2.93. The first-order chi connectivity index (χ1) is 7.98. The van der Waals surface area contributed by atoms with Crippen LogP contribution in [0, 0.1) is 0 Å². The highest BCUT2D eigenvalue weighted by Gasteiger charge is 2.28. The monoisotopic (exact) mass is 264 g/mol. The fourth-order valence-electron chi connectivity index (χ4n) is 1.61. The zero-order valence-electron chi connectivity index (χ0n) is 10.3. The van der Waals surface area contributed by atoms with E-state index >= 15 is 0 Å². The predicted octanol–water partition coefficient (Wildman–Crippen LogP) is -1.80. The van der Waals surface area contributed by atoms with Crippen LogP contribution in [0.4, 0.5) is 0 Å². The van der Waals surface area contributed by atoms with Crippen LogP contribution in [0.3, 0.4) is 0 Å². The number of piperazine rings is 1. The van der Waals surface area contributed by atoms with Gasteiger partial charge in [-0.1, -0.05) is 0 Å². The first kappa shape index (κ1) is 14.4. The van der Waals surface area contributed by atoms with Gasteiger partial charge in [0.15, 0.2) is 0 Å². The molecule has 0 aromatic heterocycles. The van der Waals surface area contributed by atoms with Crippen LogP contribution < -0.4 is 10.6 Å². The van der Waals surface area contributed by atoms with Crippen molar-refractivity contribution in [2.45, 2.75) is 6.92 Å². The minimum absolute atomic E-state index is 0.139. The molecule has 7 nitrogen and oxygen atoms in total. The summed E-state index contributed by atoms with van der Waals surface area (Å²) in [5, 5.41) is 5.66. The second-order valence-electron chi connectivity index (χ2n) is 3.87. The Labute approximate surface area is 102 Å². The van der Waals surface area contributed by atoms with Gasteiger partial charge in [0.05, 0.1) is 6.54 Å². The number of nitrogens with zero attached hydrogens (tertiary/aromatic N) is 2. The SMILES string of the molecule is CCNC(=O)CN(C)S(=O)(=O)N1CCNCC1. The molecule has 1 saturated heterocycles. The van der Waals surface area contributed by atoms with Crippen LogP contribution in [0.15, 0.2) is 0 Å². The normalized spacial score (nSPS) is 18.3. The molecule has 2 N–H and O–H groups in total. The number of hydrogen-bond acceptors (Lipinski definition) is 4. The van der Waals surface area contributed by atoms with Gasteiger partial charge in [-0.25, -0.2) is 0 Å². The molecule has 100 valence electrons. The van der Waals surface area contributed by atoms with Gasteiger partial charge >= 0.3 is 0 Å². The van der Waals surface area contributed by atoms with Gasteiger partial charge in [0.2, 0.25) is 5.91 Å². The number of carbonyl (C=O) groups excluding carboxylic acids is 1. The van der Waals surface area contributed by atoms with Gasteiger partial charge in [0, 0.05) is 39.8 Å². The summed E-state index contributed by atoms with van der Waals surface area (Å²) in [5.74, 6) is -0.284. The van der Waals surface area contributed by atoms with Crippen molar-refractivity contribution in [3.63, 3.8) is 0 Å². The molecule has 0 radical (unpaired) electrons. The maximum atomic E-state index is 12.1. The summed E-state index contributed by atoms with van der Waals surface area (Å²) < 4.78 is 26.6. The van der Waals surface area contributed by atoms with E-state index in [1.54, 1.807) is 6.92 Å². The highest BCUT2D eigenvalue weighted by Crippen LogP contribution is 2.06. The van der Waals surface area contributed by atoms with Crippen LogP contribution in [-0.2, 0) is 15.0 Å². The molecule has 0 aliphatic carbocycles. The van der Waals surface area contributed by atoms with E-state index in [4.69, 9.17) is 0 Å². The Bertz CT molecular complexity index is 351. The number of rotatable bonds is 5. The molecular formula is C9H20N4O3S. The molecule has 0 bridgehead atoms. The van der Waals surface area contributed by atoms with Crippen LogP contribution in [0.5, 0.6) is 0 Å². The van der Waals surface area contributed by atoms with Crippen LogP contribution in [0.25, 0.3) is 0 Å². The van der Waals surface area contributed by atoms with Crippen molar-refractivity contribution in [1.29, 1.82) is 0 Å². The maximum Gasteiger partial charge on any atom is 0.282 e. The van der Waals surface area contributed by atoms with Crippen LogP contribution in [-0.4, -0.2) is 69.3 Å². The van der Waals surface area contributed by atoms with Gasteiger partial charge in [-0.2, -0.15) is 17.0 Å². The number of likely N-dealkylation sites (N-methyl/N-ethyl adjacent to an activating group) is 2. The van der Waals surface area contributed by atoms with Crippen LogP contribution in [0.1, 0.15) is 6.92 Å². The van der Waals surface area contributed by atoms with Crippen molar-refractivity contribution >= 4 is 16.1 Å². The van der Waals surface area contributed by atoms with E-state index < -0.39 is 10.2 Å². The van der Waals surface area contributed by atoms with Crippen molar-refractivity contribution in [3.05, 3.63) is 0 Å². The Morgan fingerprint density at radius 3 is 2.53 bits per heavy atom. The van der Waals surface area contributed by atoms with E-state index in [1.807, 2.05) is 0 Å². The Morgan fingerprint density at radius 1 is 1.41 bits per heavy atom. The lowest BCUT2D eigenvalue weighted by Gasteiger charge is -2.30. The third kappa shape index (κ3) is 3.91. The quantitative estimate of drug-likeness (QED) is 0.614. The summed E-state index contributed by atoms with van der Waals surface area (Å²) >= 11 is 0. The Kier molecular flexibility index (Phi) is 5.31. The molecule has 0 atom stereocenters. The third-order valence-electron chi connectivity index (χ3n) is 2.54. The fraction of sp³-hybridized carbons (Fsp3) is 0.889. The lowest BCUT2D eigenvalue weighted by atomic mass is 10.4. The van der Waals surface area contributed by atoms with E-state index in [0.29, 0.717) is 32.7 Å². The van der Waals surface area contributed by atoms with Crippen molar-refractivity contribution < 1.29 is 13.2 Å². The van der Waals surface area contributed by atoms with E-state index in [2.05, 4.69) is 10.6 Å². The first-order valence-electron chi connectivity index (χ1n) is 5.67. The molecule has 17 heavy (non-hydrogen) atoms. The smallest absolute Gasteiger partial charge is 0.282 e. The van der Waals surface area contributed by atoms with Gasteiger partial charge in [-0.05, 0) is 6.92 Å². The molecule has 1 aliphatic rings. The Morgan fingerprint density at radius 2 is 2.00 bits per heavy atom. The standard InChI is InChI=1S/C9H20N4O3S/c1-3-11-9(14)8-12(2)17(15,16)13-6-4-10-5-7-13/h10H,3-8H2,1-2H3,(H,11,14). The Balaban J connectivity index is 2.59. The van der Waals surface area contributed by atoms with E-state index in [1.165, 1.54) is 11.4 Å². The topological polar surface area (TPSA) is 81.8 Å². The average molecular weight is 264 g/mol. The van der Waals surface area contributed by atoms with E-state index in [9.17, 15) is 13.2 Å². The molecule has 8 heteroatoms. The molecule has 1 fully saturated rings. The molecule has 0 aromatic rings. The molecule has 1 rings (SSSR count). The summed E-state index contributed by atoms with van der Waals surface area (Å²) in [4.78, 5) is 11.3. The van der Waals surface area contributed by atoms with E-state index in [-0.39, 0.29) is 12.5 Å². The first-order valence-corrected chi connectivity index (χ1v) is 7.07. The molecule has 1 heterocycles. The molecular weight excluding hydrogens is 244 g/mol. The van der Waals surface area contributed by atoms with Crippen molar-refractivity contribution in [2.75, 3.05) is 46.3 Å². The molecule has 1 aliphatic heterocycles. The minimum Gasteiger partial charge on any atom is -0.355 e. The largest absolute Gasteiger partial charge is 0.355 e. The summed E-state index contributed by atoms with van der Waals surface area (Å²) in [6.07, 6.45) is 0. The lowest BCUT2D eigenvalue weighted by molar-refractivity contribution is -0.121. The summed E-state index contributed by atoms with van der Waals surface area (Å²) in [6.45, 7) is 4.34. The minimum atomic E-state index is -3.51. The second kappa shape index (κ2) is 6.29. The summed E-state index contributed by atoms with van der Waals surface area (Å²) in [6, 6.07) is 0. The van der Waals surface area contributed by atoms with Crippen LogP contribution in [0.2, 0.25) is 0 Å². The molecule has 0 saturated carbocycles.